The van der Waals surface area contributed by atoms with Crippen LogP contribution in [0.5, 0.6) is 0 Å². The van der Waals surface area contributed by atoms with Crippen molar-refractivity contribution in [3.8, 4) is 0 Å². The zero-order valence-electron chi connectivity index (χ0n) is 18.9. The fraction of sp³-hybridized carbons (Fsp3) is 0.680. The van der Waals surface area contributed by atoms with Gasteiger partial charge >= 0.3 is 11.9 Å². The maximum Gasteiger partial charge on any atom is 0.303 e. The van der Waals surface area contributed by atoms with E-state index in [-0.39, 0.29) is 29.5 Å². The Morgan fingerprint density at radius 1 is 1.03 bits per heavy atom. The molecule has 4 rings (SSSR count). The van der Waals surface area contributed by atoms with Gasteiger partial charge in [0.2, 0.25) is 5.78 Å². The Bertz CT molecular complexity index is 900. The first kappa shape index (κ1) is 22.0. The molecular formula is C25H32O6. The van der Waals surface area contributed by atoms with Gasteiger partial charge in [0, 0.05) is 24.7 Å². The lowest BCUT2D eigenvalue weighted by atomic mass is 9.47. The number of hydrogen-bond donors (Lipinski definition) is 0. The number of ketones is 2. The maximum atomic E-state index is 13.3. The average molecular weight is 429 g/mol. The van der Waals surface area contributed by atoms with Crippen molar-refractivity contribution in [3.05, 3.63) is 23.8 Å². The van der Waals surface area contributed by atoms with Gasteiger partial charge in [0.1, 0.15) is 0 Å². The second-order valence-corrected chi connectivity index (χ2v) is 10.2. The summed E-state index contributed by atoms with van der Waals surface area (Å²) in [6.07, 6.45) is 10.4. The van der Waals surface area contributed by atoms with Gasteiger partial charge in [-0.05, 0) is 68.4 Å². The minimum atomic E-state index is -1.25. The van der Waals surface area contributed by atoms with Crippen LogP contribution in [0.3, 0.4) is 0 Å². The molecule has 0 saturated heterocycles. The third-order valence-corrected chi connectivity index (χ3v) is 8.85. The number of carbonyl (C=O) groups excluding carboxylic acids is 4. The summed E-state index contributed by atoms with van der Waals surface area (Å²) in [5.74, 6) is -0.229. The molecule has 0 bridgehead atoms. The van der Waals surface area contributed by atoms with Crippen molar-refractivity contribution in [3.63, 3.8) is 0 Å². The largest absolute Gasteiger partial charge is 0.458 e. The maximum absolute atomic E-state index is 13.3. The normalized spacial score (nSPS) is 40.8. The predicted octanol–water partition coefficient (Wildman–Crippen LogP) is 3.73. The summed E-state index contributed by atoms with van der Waals surface area (Å²) in [5.41, 5.74) is -0.658. The van der Waals surface area contributed by atoms with Crippen molar-refractivity contribution in [2.45, 2.75) is 71.8 Å². The third kappa shape index (κ3) is 3.21. The summed E-state index contributed by atoms with van der Waals surface area (Å²) in [4.78, 5) is 48.7. The summed E-state index contributed by atoms with van der Waals surface area (Å²) in [7, 11) is 0. The first-order chi connectivity index (χ1) is 14.5. The number of rotatable bonds is 4. The third-order valence-electron chi connectivity index (χ3n) is 8.85. The molecule has 0 unspecified atom stereocenters. The van der Waals surface area contributed by atoms with Crippen LogP contribution in [0.2, 0.25) is 0 Å². The SMILES string of the molecule is CC(=O)OCC(=O)[C@]1(OC(C)=O)CC[C@H]2[C@@H]3CCC4=CC(=O)C=C[C@]4(C)[C@H]3CC[C@@]21C. The smallest absolute Gasteiger partial charge is 0.303 e. The molecule has 3 saturated carbocycles. The van der Waals surface area contributed by atoms with Crippen molar-refractivity contribution in [1.29, 1.82) is 0 Å². The Kier molecular flexibility index (Phi) is 5.26. The molecule has 0 heterocycles. The van der Waals surface area contributed by atoms with Crippen molar-refractivity contribution in [2.24, 2.45) is 28.6 Å². The van der Waals surface area contributed by atoms with Crippen LogP contribution in [0.15, 0.2) is 23.8 Å². The van der Waals surface area contributed by atoms with E-state index in [9.17, 15) is 19.2 Å². The van der Waals surface area contributed by atoms with Gasteiger partial charge < -0.3 is 9.47 Å². The second kappa shape index (κ2) is 7.42. The summed E-state index contributed by atoms with van der Waals surface area (Å²) in [6, 6.07) is 0. The lowest BCUT2D eigenvalue weighted by Crippen LogP contribution is -2.59. The molecule has 6 nitrogen and oxygen atoms in total. The molecule has 0 aromatic heterocycles. The van der Waals surface area contributed by atoms with E-state index < -0.39 is 23.0 Å². The molecule has 0 amide bonds. The van der Waals surface area contributed by atoms with E-state index in [0.717, 1.165) is 32.1 Å². The van der Waals surface area contributed by atoms with Gasteiger partial charge in [-0.15, -0.1) is 0 Å². The lowest BCUT2D eigenvalue weighted by molar-refractivity contribution is -0.190. The van der Waals surface area contributed by atoms with Crippen molar-refractivity contribution in [1.82, 2.24) is 0 Å². The van der Waals surface area contributed by atoms with E-state index >= 15 is 0 Å². The highest BCUT2D eigenvalue weighted by atomic mass is 16.6. The van der Waals surface area contributed by atoms with Gasteiger partial charge in [0.05, 0.1) is 0 Å². The molecule has 4 aliphatic carbocycles. The van der Waals surface area contributed by atoms with Crippen molar-refractivity contribution >= 4 is 23.5 Å². The van der Waals surface area contributed by atoms with Crippen LogP contribution >= 0.6 is 0 Å². The number of fused-ring (bicyclic) bond motifs is 5. The van der Waals surface area contributed by atoms with Crippen molar-refractivity contribution < 1.29 is 28.7 Å². The molecule has 0 aliphatic heterocycles. The highest BCUT2D eigenvalue weighted by Crippen LogP contribution is 2.67. The highest BCUT2D eigenvalue weighted by molar-refractivity contribution is 6.01. The number of carbonyl (C=O) groups is 4. The first-order valence-electron chi connectivity index (χ1n) is 11.3. The fourth-order valence-corrected chi connectivity index (χ4v) is 7.41. The number of esters is 2. The van der Waals surface area contributed by atoms with Crippen LogP contribution in [0.1, 0.15) is 66.2 Å². The topological polar surface area (TPSA) is 86.7 Å². The Hall–Kier alpha value is -2.24. The predicted molar refractivity (Wildman–Crippen MR) is 113 cm³/mol. The van der Waals surface area contributed by atoms with E-state index in [4.69, 9.17) is 9.47 Å². The van der Waals surface area contributed by atoms with Crippen LogP contribution in [0, 0.1) is 28.6 Å². The molecule has 6 atom stereocenters. The van der Waals surface area contributed by atoms with Gasteiger partial charge in [0.25, 0.3) is 0 Å². The second-order valence-electron chi connectivity index (χ2n) is 10.2. The van der Waals surface area contributed by atoms with Crippen LogP contribution in [0.4, 0.5) is 0 Å². The quantitative estimate of drug-likeness (QED) is 0.634. The molecule has 0 spiro atoms. The van der Waals surface area contributed by atoms with E-state index in [1.165, 1.54) is 19.4 Å². The molecule has 3 fully saturated rings. The highest BCUT2D eigenvalue weighted by Gasteiger charge is 2.68. The van der Waals surface area contributed by atoms with Crippen LogP contribution in [0.25, 0.3) is 0 Å². The van der Waals surface area contributed by atoms with E-state index in [2.05, 4.69) is 19.9 Å². The Morgan fingerprint density at radius 3 is 2.42 bits per heavy atom. The van der Waals surface area contributed by atoms with Gasteiger partial charge in [-0.3, -0.25) is 19.2 Å². The summed E-state index contributed by atoms with van der Waals surface area (Å²) in [5, 5.41) is 0. The number of ether oxygens (including phenoxy) is 2. The van der Waals surface area contributed by atoms with Crippen LogP contribution < -0.4 is 0 Å². The number of allylic oxidation sites excluding steroid dienone is 4. The molecule has 0 radical (unpaired) electrons. The van der Waals surface area contributed by atoms with Crippen molar-refractivity contribution in [2.75, 3.05) is 6.61 Å². The standard InChI is InChI=1S/C25H32O6/c1-15(26)30-14-22(29)25(31-16(2)27)12-9-21-19-6-5-17-13-18(28)7-10-23(17,3)20(19)8-11-24(21,25)4/h7,10,13,19-21H,5-6,8-9,11-12,14H2,1-4H3/t19-,20+,21+,23+,24+,25-/m1/s1. The summed E-state index contributed by atoms with van der Waals surface area (Å²) < 4.78 is 10.9. The fourth-order valence-electron chi connectivity index (χ4n) is 7.41. The number of hydrogen-bond acceptors (Lipinski definition) is 6. The van der Waals surface area contributed by atoms with Gasteiger partial charge in [-0.1, -0.05) is 25.5 Å². The van der Waals surface area contributed by atoms with Gasteiger partial charge in [-0.2, -0.15) is 0 Å². The Labute approximate surface area is 183 Å². The van der Waals surface area contributed by atoms with Crippen LogP contribution in [-0.2, 0) is 28.7 Å². The zero-order valence-corrected chi connectivity index (χ0v) is 18.9. The average Bonchev–Trinajstić information content (AvgIpc) is 2.99. The molecule has 168 valence electrons. The van der Waals surface area contributed by atoms with Gasteiger partial charge in [-0.25, -0.2) is 0 Å². The molecule has 31 heavy (non-hydrogen) atoms. The van der Waals surface area contributed by atoms with E-state index in [1.807, 2.05) is 6.08 Å². The minimum absolute atomic E-state index is 0.0670. The van der Waals surface area contributed by atoms with Crippen LogP contribution in [-0.4, -0.2) is 35.7 Å². The lowest BCUT2D eigenvalue weighted by Gasteiger charge is -2.58. The van der Waals surface area contributed by atoms with E-state index in [1.54, 1.807) is 6.08 Å². The Morgan fingerprint density at radius 2 is 1.74 bits per heavy atom. The molecular weight excluding hydrogens is 396 g/mol. The van der Waals surface area contributed by atoms with Gasteiger partial charge in [0.15, 0.2) is 18.0 Å². The molecule has 0 aromatic rings. The molecule has 0 aromatic carbocycles. The number of Topliss-reactive ketones (excluding diaryl/α,β-unsaturated/α-hetero) is 1. The van der Waals surface area contributed by atoms with E-state index in [0.29, 0.717) is 18.3 Å². The summed E-state index contributed by atoms with van der Waals surface area (Å²) in [6.45, 7) is 6.57. The molecule has 6 heteroatoms. The Balaban J connectivity index is 1.68. The molecule has 0 N–H and O–H groups in total. The minimum Gasteiger partial charge on any atom is -0.458 e. The zero-order chi connectivity index (χ0) is 22.6. The first-order valence-corrected chi connectivity index (χ1v) is 11.3. The molecule has 4 aliphatic rings. The summed E-state index contributed by atoms with van der Waals surface area (Å²) >= 11 is 0. The monoisotopic (exact) mass is 428 g/mol.